The molecular weight excluding hydrogens is 312 g/mol. The van der Waals surface area contributed by atoms with Gasteiger partial charge in [-0.15, -0.1) is 11.3 Å². The van der Waals surface area contributed by atoms with Crippen molar-refractivity contribution in [3.63, 3.8) is 0 Å². The predicted molar refractivity (Wildman–Crippen MR) is 89.6 cm³/mol. The van der Waals surface area contributed by atoms with Crippen LogP contribution in [-0.2, 0) is 25.5 Å². The van der Waals surface area contributed by atoms with Gasteiger partial charge in [0.25, 0.3) is 0 Å². The minimum absolute atomic E-state index is 0.0704. The molecule has 1 heterocycles. The smallest absolute Gasteiger partial charge is 0.313 e. The third kappa shape index (κ3) is 2.98. The van der Waals surface area contributed by atoms with Gasteiger partial charge < -0.3 is 9.47 Å². The van der Waals surface area contributed by atoms with E-state index < -0.39 is 0 Å². The first-order valence-electron chi connectivity index (χ1n) is 7.98. The Kier molecular flexibility index (Phi) is 4.66. The Hall–Kier alpha value is -1.88. The third-order valence-electron chi connectivity index (χ3n) is 4.22. The molecular formula is C18H20O4S. The van der Waals surface area contributed by atoms with Gasteiger partial charge in [0.05, 0.1) is 19.1 Å². The molecule has 1 aromatic heterocycles. The molecule has 1 aliphatic carbocycles. The summed E-state index contributed by atoms with van der Waals surface area (Å²) in [6, 6.07) is 8.10. The molecule has 0 spiro atoms. The van der Waals surface area contributed by atoms with Crippen molar-refractivity contribution >= 4 is 33.4 Å². The number of ether oxygens (including phenoxy) is 2. The zero-order chi connectivity index (χ0) is 16.4. The number of carbonyl (C=O) groups is 2. The first kappa shape index (κ1) is 16.0. The lowest BCUT2D eigenvalue weighted by Crippen LogP contribution is -2.23. The van der Waals surface area contributed by atoms with Crippen LogP contribution in [0.4, 0.5) is 0 Å². The van der Waals surface area contributed by atoms with E-state index in [1.165, 1.54) is 9.58 Å². The first-order valence-corrected chi connectivity index (χ1v) is 8.79. The number of hydrogen-bond acceptors (Lipinski definition) is 5. The minimum Gasteiger partial charge on any atom is -0.466 e. The quantitative estimate of drug-likeness (QED) is 0.784. The average molecular weight is 332 g/mol. The number of benzene rings is 1. The predicted octanol–water partition coefficient (Wildman–Crippen LogP) is 3.67. The molecule has 0 saturated carbocycles. The summed E-state index contributed by atoms with van der Waals surface area (Å²) in [5.74, 6) is -0.917. The van der Waals surface area contributed by atoms with Gasteiger partial charge in [-0.1, -0.05) is 18.2 Å². The number of carbonyl (C=O) groups excluding carboxylic acids is 2. The van der Waals surface area contributed by atoms with Crippen LogP contribution in [0.15, 0.2) is 24.3 Å². The Morgan fingerprint density at radius 3 is 2.65 bits per heavy atom. The topological polar surface area (TPSA) is 52.6 Å². The lowest BCUT2D eigenvalue weighted by Gasteiger charge is -2.18. The maximum atomic E-state index is 12.5. The fourth-order valence-electron chi connectivity index (χ4n) is 3.37. The molecule has 1 aliphatic rings. The zero-order valence-electron chi connectivity index (χ0n) is 13.3. The van der Waals surface area contributed by atoms with E-state index >= 15 is 0 Å². The van der Waals surface area contributed by atoms with Crippen LogP contribution in [0.25, 0.3) is 10.1 Å². The Balaban J connectivity index is 1.96. The van der Waals surface area contributed by atoms with Gasteiger partial charge in [0.15, 0.2) is 0 Å². The summed E-state index contributed by atoms with van der Waals surface area (Å²) >= 11 is 1.71. The van der Waals surface area contributed by atoms with Gasteiger partial charge >= 0.3 is 11.9 Å². The van der Waals surface area contributed by atoms with E-state index in [0.717, 1.165) is 17.4 Å². The highest BCUT2D eigenvalue weighted by Crippen LogP contribution is 2.48. The van der Waals surface area contributed by atoms with Crippen molar-refractivity contribution in [3.05, 3.63) is 34.7 Å². The summed E-state index contributed by atoms with van der Waals surface area (Å²) in [5.41, 5.74) is 1.05. The molecule has 0 amide bonds. The van der Waals surface area contributed by atoms with Crippen molar-refractivity contribution in [1.29, 1.82) is 0 Å². The van der Waals surface area contributed by atoms with Crippen molar-refractivity contribution in [3.8, 4) is 0 Å². The highest BCUT2D eigenvalue weighted by atomic mass is 32.1. The third-order valence-corrected chi connectivity index (χ3v) is 5.42. The molecule has 0 aliphatic heterocycles. The van der Waals surface area contributed by atoms with Gasteiger partial charge in [-0.05, 0) is 43.2 Å². The summed E-state index contributed by atoms with van der Waals surface area (Å²) in [7, 11) is 0. The minimum atomic E-state index is -0.370. The monoisotopic (exact) mass is 332 g/mol. The lowest BCUT2D eigenvalue weighted by atomic mass is 9.89. The van der Waals surface area contributed by atoms with Gasteiger partial charge in [0.1, 0.15) is 0 Å². The van der Waals surface area contributed by atoms with Crippen LogP contribution in [0.1, 0.15) is 36.6 Å². The summed E-state index contributed by atoms with van der Waals surface area (Å²) in [6.07, 6.45) is 0.990. The van der Waals surface area contributed by atoms with Crippen LogP contribution in [0.5, 0.6) is 0 Å². The van der Waals surface area contributed by atoms with Gasteiger partial charge in [-0.3, -0.25) is 9.59 Å². The Bertz CT molecular complexity index is 734. The van der Waals surface area contributed by atoms with Crippen LogP contribution < -0.4 is 0 Å². The Morgan fingerprint density at radius 1 is 1.17 bits per heavy atom. The molecule has 0 saturated heterocycles. The van der Waals surface area contributed by atoms with Crippen LogP contribution in [-0.4, -0.2) is 25.2 Å². The van der Waals surface area contributed by atoms with E-state index in [9.17, 15) is 9.59 Å². The normalized spacial score (nSPS) is 19.6. The largest absolute Gasteiger partial charge is 0.466 e. The number of esters is 2. The fraction of sp³-hybridized carbons (Fsp3) is 0.444. The van der Waals surface area contributed by atoms with Crippen molar-refractivity contribution in [2.24, 2.45) is 5.92 Å². The van der Waals surface area contributed by atoms with Crippen LogP contribution in [0.2, 0.25) is 0 Å². The van der Waals surface area contributed by atoms with Gasteiger partial charge in [0, 0.05) is 16.0 Å². The van der Waals surface area contributed by atoms with Crippen molar-refractivity contribution in [2.75, 3.05) is 13.2 Å². The molecule has 23 heavy (non-hydrogen) atoms. The highest BCUT2D eigenvalue weighted by Gasteiger charge is 2.42. The number of thiophene rings is 1. The molecule has 4 nitrogen and oxygen atoms in total. The molecule has 0 N–H and O–H groups in total. The molecule has 0 bridgehead atoms. The maximum Gasteiger partial charge on any atom is 0.313 e. The van der Waals surface area contributed by atoms with E-state index in [4.69, 9.17) is 9.47 Å². The van der Waals surface area contributed by atoms with Crippen molar-refractivity contribution in [1.82, 2.24) is 0 Å². The van der Waals surface area contributed by atoms with Crippen LogP contribution >= 0.6 is 11.3 Å². The van der Waals surface area contributed by atoms with Crippen LogP contribution in [0.3, 0.4) is 0 Å². The molecule has 2 aromatic rings. The standard InChI is InChI=1S/C18H20O4S/c1-3-21-15(19)10-11-9-14-17(16(11)18(20)22-4-2)12-7-5-6-8-13(12)23-14/h5-8,11,16H,3-4,9-10H2,1-2H3/t11-,16-/m0/s1. The summed E-state index contributed by atoms with van der Waals surface area (Å²) < 4.78 is 11.5. The second-order valence-corrected chi connectivity index (χ2v) is 6.77. The second kappa shape index (κ2) is 6.71. The fourth-order valence-corrected chi connectivity index (χ4v) is 4.71. The average Bonchev–Trinajstić information content (AvgIpc) is 3.02. The Morgan fingerprint density at radius 2 is 1.91 bits per heavy atom. The molecule has 2 atom stereocenters. The first-order chi connectivity index (χ1) is 11.2. The highest BCUT2D eigenvalue weighted by molar-refractivity contribution is 7.19. The molecule has 122 valence electrons. The number of rotatable bonds is 5. The SMILES string of the molecule is CCOC(=O)C[C@@H]1Cc2sc3ccccc3c2[C@H]1C(=O)OCC. The number of fused-ring (bicyclic) bond motifs is 3. The summed E-state index contributed by atoms with van der Waals surface area (Å²) in [5, 5.41) is 1.11. The van der Waals surface area contributed by atoms with E-state index in [2.05, 4.69) is 6.07 Å². The Labute approximate surface area is 139 Å². The second-order valence-electron chi connectivity index (χ2n) is 5.64. The van der Waals surface area contributed by atoms with Crippen molar-refractivity contribution in [2.45, 2.75) is 32.6 Å². The summed E-state index contributed by atoms with van der Waals surface area (Å²) in [6.45, 7) is 4.30. The van der Waals surface area contributed by atoms with Crippen LogP contribution in [0, 0.1) is 5.92 Å². The van der Waals surface area contributed by atoms with Gasteiger partial charge in [-0.25, -0.2) is 0 Å². The molecule has 3 rings (SSSR count). The zero-order valence-corrected chi connectivity index (χ0v) is 14.2. The van der Waals surface area contributed by atoms with Gasteiger partial charge in [-0.2, -0.15) is 0 Å². The molecule has 0 radical (unpaired) electrons. The molecule has 0 fully saturated rings. The van der Waals surface area contributed by atoms with E-state index in [-0.39, 0.29) is 30.2 Å². The molecule has 0 unspecified atom stereocenters. The number of hydrogen-bond donors (Lipinski definition) is 0. The molecule has 5 heteroatoms. The van der Waals surface area contributed by atoms with E-state index in [1.54, 1.807) is 25.2 Å². The lowest BCUT2D eigenvalue weighted by molar-refractivity contribution is -0.148. The summed E-state index contributed by atoms with van der Waals surface area (Å²) in [4.78, 5) is 25.6. The van der Waals surface area contributed by atoms with Crippen molar-refractivity contribution < 1.29 is 19.1 Å². The van der Waals surface area contributed by atoms with E-state index in [0.29, 0.717) is 13.2 Å². The van der Waals surface area contributed by atoms with Gasteiger partial charge in [0.2, 0.25) is 0 Å². The maximum absolute atomic E-state index is 12.5. The molecule has 1 aromatic carbocycles. The van der Waals surface area contributed by atoms with E-state index in [1.807, 2.05) is 18.2 Å².